The summed E-state index contributed by atoms with van der Waals surface area (Å²) >= 11 is 18.1. The Labute approximate surface area is 148 Å². The van der Waals surface area contributed by atoms with Gasteiger partial charge in [-0.15, -0.1) is 0 Å². The molecule has 3 rings (SSSR count). The maximum Gasteiger partial charge on any atom is 0.229 e. The molecule has 0 saturated heterocycles. The molecule has 2 N–H and O–H groups in total. The van der Waals surface area contributed by atoms with E-state index in [0.717, 1.165) is 5.69 Å². The standard InChI is InChI=1S/C16H11Cl3N4/c17-10-7-11(18)9-12(8-10)21-16-20-6-5-15(23-16)22-14-4-2-1-3-13(14)19/h1-9H,(H2,20,21,22,23). The highest BCUT2D eigenvalue weighted by atomic mass is 35.5. The first kappa shape index (κ1) is 15.9. The highest BCUT2D eigenvalue weighted by molar-refractivity contribution is 6.35. The predicted octanol–water partition coefficient (Wildman–Crippen LogP) is 5.92. The molecule has 0 fully saturated rings. The quantitative estimate of drug-likeness (QED) is 0.602. The number of hydrogen-bond acceptors (Lipinski definition) is 4. The molecule has 0 unspecified atom stereocenters. The number of halogens is 3. The molecule has 0 aliphatic rings. The monoisotopic (exact) mass is 364 g/mol. The van der Waals surface area contributed by atoms with Crippen LogP contribution in [0.4, 0.5) is 23.1 Å². The number of anilines is 4. The van der Waals surface area contributed by atoms with Crippen molar-refractivity contribution >= 4 is 57.9 Å². The van der Waals surface area contributed by atoms with E-state index in [-0.39, 0.29) is 0 Å². The molecule has 4 nitrogen and oxygen atoms in total. The van der Waals surface area contributed by atoms with Crippen LogP contribution in [0.15, 0.2) is 54.7 Å². The second kappa shape index (κ2) is 7.04. The Bertz CT molecular complexity index is 819. The SMILES string of the molecule is Clc1cc(Cl)cc(Nc2nccc(Nc3ccccc3Cl)n2)c1. The van der Waals surface area contributed by atoms with Crippen molar-refractivity contribution in [2.75, 3.05) is 10.6 Å². The van der Waals surface area contributed by atoms with Gasteiger partial charge in [-0.05, 0) is 36.4 Å². The zero-order valence-corrected chi connectivity index (χ0v) is 14.0. The van der Waals surface area contributed by atoms with E-state index in [1.807, 2.05) is 18.2 Å². The Morgan fingerprint density at radius 2 is 1.57 bits per heavy atom. The topological polar surface area (TPSA) is 49.8 Å². The smallest absolute Gasteiger partial charge is 0.229 e. The molecule has 1 aromatic heterocycles. The predicted molar refractivity (Wildman–Crippen MR) is 96.5 cm³/mol. The minimum Gasteiger partial charge on any atom is -0.339 e. The third-order valence-electron chi connectivity index (χ3n) is 2.91. The Kier molecular flexibility index (Phi) is 4.86. The van der Waals surface area contributed by atoms with Gasteiger partial charge in [0.2, 0.25) is 5.95 Å². The number of rotatable bonds is 4. The van der Waals surface area contributed by atoms with E-state index in [4.69, 9.17) is 34.8 Å². The summed E-state index contributed by atoms with van der Waals surface area (Å²) in [7, 11) is 0. The summed E-state index contributed by atoms with van der Waals surface area (Å²) in [5.74, 6) is 1.03. The maximum atomic E-state index is 6.13. The summed E-state index contributed by atoms with van der Waals surface area (Å²) in [4.78, 5) is 8.56. The molecule has 0 radical (unpaired) electrons. The Hall–Kier alpha value is -2.01. The largest absolute Gasteiger partial charge is 0.339 e. The molecular weight excluding hydrogens is 355 g/mol. The lowest BCUT2D eigenvalue weighted by Crippen LogP contribution is -2.00. The number of aromatic nitrogens is 2. The van der Waals surface area contributed by atoms with Crippen LogP contribution in [0, 0.1) is 0 Å². The molecule has 0 bridgehead atoms. The van der Waals surface area contributed by atoms with Crippen LogP contribution in [-0.2, 0) is 0 Å². The van der Waals surface area contributed by atoms with Crippen molar-refractivity contribution in [3.8, 4) is 0 Å². The van der Waals surface area contributed by atoms with Crippen molar-refractivity contribution in [1.82, 2.24) is 9.97 Å². The number of hydrogen-bond donors (Lipinski definition) is 2. The van der Waals surface area contributed by atoms with Gasteiger partial charge in [0.1, 0.15) is 5.82 Å². The minimum absolute atomic E-state index is 0.417. The van der Waals surface area contributed by atoms with Gasteiger partial charge in [-0.3, -0.25) is 0 Å². The molecule has 0 saturated carbocycles. The average molecular weight is 366 g/mol. The van der Waals surface area contributed by atoms with Crippen molar-refractivity contribution in [2.24, 2.45) is 0 Å². The fraction of sp³-hybridized carbons (Fsp3) is 0. The van der Waals surface area contributed by atoms with Gasteiger partial charge in [-0.2, -0.15) is 4.98 Å². The van der Waals surface area contributed by atoms with Crippen LogP contribution < -0.4 is 10.6 Å². The Balaban J connectivity index is 1.81. The van der Waals surface area contributed by atoms with E-state index in [0.29, 0.717) is 32.5 Å². The van der Waals surface area contributed by atoms with Gasteiger partial charge in [-0.1, -0.05) is 46.9 Å². The molecule has 116 valence electrons. The number of nitrogens with zero attached hydrogens (tertiary/aromatic N) is 2. The summed E-state index contributed by atoms with van der Waals surface area (Å²) in [6, 6.07) is 14.3. The molecular formula is C16H11Cl3N4. The van der Waals surface area contributed by atoms with Crippen LogP contribution in [0.2, 0.25) is 15.1 Å². The van der Waals surface area contributed by atoms with E-state index >= 15 is 0 Å². The van der Waals surface area contributed by atoms with Crippen LogP contribution in [-0.4, -0.2) is 9.97 Å². The van der Waals surface area contributed by atoms with Crippen molar-refractivity contribution in [2.45, 2.75) is 0 Å². The molecule has 3 aromatic rings. The lowest BCUT2D eigenvalue weighted by Gasteiger charge is -2.10. The van der Waals surface area contributed by atoms with Crippen LogP contribution in [0.1, 0.15) is 0 Å². The third-order valence-corrected chi connectivity index (χ3v) is 3.68. The van der Waals surface area contributed by atoms with Crippen molar-refractivity contribution < 1.29 is 0 Å². The average Bonchev–Trinajstić information content (AvgIpc) is 2.49. The highest BCUT2D eigenvalue weighted by Crippen LogP contribution is 2.26. The number of para-hydroxylation sites is 1. The Morgan fingerprint density at radius 3 is 2.30 bits per heavy atom. The second-order valence-corrected chi connectivity index (χ2v) is 5.93. The van der Waals surface area contributed by atoms with E-state index in [1.165, 1.54) is 0 Å². The van der Waals surface area contributed by atoms with Gasteiger partial charge in [0, 0.05) is 21.9 Å². The van der Waals surface area contributed by atoms with E-state index in [2.05, 4.69) is 20.6 Å². The molecule has 23 heavy (non-hydrogen) atoms. The highest BCUT2D eigenvalue weighted by Gasteiger charge is 2.04. The van der Waals surface area contributed by atoms with Crippen LogP contribution in [0.5, 0.6) is 0 Å². The van der Waals surface area contributed by atoms with Gasteiger partial charge in [-0.25, -0.2) is 4.98 Å². The third kappa shape index (κ3) is 4.26. The van der Waals surface area contributed by atoms with E-state index < -0.39 is 0 Å². The van der Waals surface area contributed by atoms with Crippen molar-refractivity contribution in [1.29, 1.82) is 0 Å². The summed E-state index contributed by atoms with van der Waals surface area (Å²) < 4.78 is 0. The van der Waals surface area contributed by atoms with Crippen LogP contribution >= 0.6 is 34.8 Å². The van der Waals surface area contributed by atoms with Gasteiger partial charge in [0.15, 0.2) is 0 Å². The molecule has 1 heterocycles. The molecule has 7 heteroatoms. The first-order chi connectivity index (χ1) is 11.1. The van der Waals surface area contributed by atoms with Crippen LogP contribution in [0.3, 0.4) is 0 Å². The van der Waals surface area contributed by atoms with Crippen LogP contribution in [0.25, 0.3) is 0 Å². The number of nitrogens with one attached hydrogen (secondary N) is 2. The van der Waals surface area contributed by atoms with E-state index in [1.54, 1.807) is 36.5 Å². The zero-order valence-electron chi connectivity index (χ0n) is 11.7. The molecule has 0 aliphatic carbocycles. The molecule has 2 aromatic carbocycles. The van der Waals surface area contributed by atoms with Crippen molar-refractivity contribution in [3.05, 3.63) is 69.8 Å². The van der Waals surface area contributed by atoms with Gasteiger partial charge < -0.3 is 10.6 Å². The van der Waals surface area contributed by atoms with Crippen molar-refractivity contribution in [3.63, 3.8) is 0 Å². The molecule has 0 spiro atoms. The normalized spacial score (nSPS) is 10.4. The molecule has 0 atom stereocenters. The fourth-order valence-electron chi connectivity index (χ4n) is 1.94. The Morgan fingerprint density at radius 1 is 0.826 bits per heavy atom. The zero-order chi connectivity index (χ0) is 16.2. The van der Waals surface area contributed by atoms with Gasteiger partial charge in [0.25, 0.3) is 0 Å². The maximum absolute atomic E-state index is 6.13. The minimum atomic E-state index is 0.417. The second-order valence-electron chi connectivity index (χ2n) is 4.65. The fourth-order valence-corrected chi connectivity index (χ4v) is 2.65. The summed E-state index contributed by atoms with van der Waals surface area (Å²) in [6.45, 7) is 0. The first-order valence-corrected chi connectivity index (χ1v) is 7.81. The van der Waals surface area contributed by atoms with E-state index in [9.17, 15) is 0 Å². The summed E-state index contributed by atoms with van der Waals surface area (Å²) in [6.07, 6.45) is 1.64. The molecule has 0 amide bonds. The lowest BCUT2D eigenvalue weighted by molar-refractivity contribution is 1.17. The van der Waals surface area contributed by atoms with Gasteiger partial charge >= 0.3 is 0 Å². The van der Waals surface area contributed by atoms with Gasteiger partial charge in [0.05, 0.1) is 10.7 Å². The molecule has 0 aliphatic heterocycles. The number of benzene rings is 2. The summed E-state index contributed by atoms with van der Waals surface area (Å²) in [5, 5.41) is 7.89. The summed E-state index contributed by atoms with van der Waals surface area (Å²) in [5.41, 5.74) is 1.47. The lowest BCUT2D eigenvalue weighted by atomic mass is 10.3. The first-order valence-electron chi connectivity index (χ1n) is 6.68.